The van der Waals surface area contributed by atoms with Crippen LogP contribution in [0.2, 0.25) is 5.02 Å². The molecule has 7 nitrogen and oxygen atoms in total. The monoisotopic (exact) mass is 557 g/mol. The molecule has 180 valence electrons. The summed E-state index contributed by atoms with van der Waals surface area (Å²) in [6.45, 7) is 5.16. The molecule has 2 atom stereocenters. The van der Waals surface area contributed by atoms with Gasteiger partial charge in [0.05, 0.1) is 11.9 Å². The Morgan fingerprint density at radius 1 is 1.06 bits per heavy atom. The van der Waals surface area contributed by atoms with Crippen LogP contribution in [0.15, 0.2) is 53.0 Å². The number of sulfonamides is 1. The Labute approximate surface area is 209 Å². The molecule has 0 aliphatic rings. The number of benzene rings is 2. The van der Waals surface area contributed by atoms with Gasteiger partial charge in [-0.1, -0.05) is 46.6 Å². The summed E-state index contributed by atoms with van der Waals surface area (Å²) in [5, 5.41) is 3.44. The van der Waals surface area contributed by atoms with Gasteiger partial charge in [-0.3, -0.25) is 13.9 Å². The lowest BCUT2D eigenvalue weighted by atomic mass is 10.1. The van der Waals surface area contributed by atoms with E-state index < -0.39 is 28.5 Å². The van der Waals surface area contributed by atoms with E-state index in [0.717, 1.165) is 27.0 Å². The van der Waals surface area contributed by atoms with Crippen LogP contribution in [-0.2, 0) is 26.2 Å². The van der Waals surface area contributed by atoms with Gasteiger partial charge < -0.3 is 10.2 Å². The van der Waals surface area contributed by atoms with E-state index >= 15 is 0 Å². The minimum atomic E-state index is -3.75. The molecule has 2 aromatic carbocycles. The number of carbonyl (C=O) groups is 2. The average Bonchev–Trinajstić information content (AvgIpc) is 2.76. The highest BCUT2D eigenvalue weighted by atomic mass is 79.9. The van der Waals surface area contributed by atoms with Crippen LogP contribution in [0, 0.1) is 0 Å². The lowest BCUT2D eigenvalue weighted by Gasteiger charge is -2.32. The van der Waals surface area contributed by atoms with E-state index in [2.05, 4.69) is 21.2 Å². The summed E-state index contributed by atoms with van der Waals surface area (Å²) < 4.78 is 26.8. The first kappa shape index (κ1) is 27.1. The van der Waals surface area contributed by atoms with Gasteiger partial charge in [0.15, 0.2) is 0 Å². The van der Waals surface area contributed by atoms with Crippen molar-refractivity contribution in [3.8, 4) is 0 Å². The molecule has 0 aromatic heterocycles. The third-order valence-corrected chi connectivity index (χ3v) is 7.15. The van der Waals surface area contributed by atoms with Gasteiger partial charge in [-0.15, -0.1) is 0 Å². The van der Waals surface area contributed by atoms with Gasteiger partial charge in [-0.2, -0.15) is 0 Å². The van der Waals surface area contributed by atoms with Crippen LogP contribution in [0.5, 0.6) is 0 Å². The van der Waals surface area contributed by atoms with Gasteiger partial charge in [0.2, 0.25) is 21.8 Å². The largest absolute Gasteiger partial charge is 0.352 e. The molecule has 33 heavy (non-hydrogen) atoms. The number of nitrogens with one attached hydrogen (secondary N) is 1. The molecule has 0 heterocycles. The van der Waals surface area contributed by atoms with Gasteiger partial charge in [-0.25, -0.2) is 8.42 Å². The van der Waals surface area contributed by atoms with E-state index in [-0.39, 0.29) is 18.5 Å². The first-order chi connectivity index (χ1) is 15.4. The molecule has 10 heteroatoms. The molecule has 0 saturated carbocycles. The van der Waals surface area contributed by atoms with E-state index in [4.69, 9.17) is 11.6 Å². The normalized spacial score (nSPS) is 13.2. The quantitative estimate of drug-likeness (QED) is 0.474. The molecule has 0 radical (unpaired) electrons. The van der Waals surface area contributed by atoms with Gasteiger partial charge >= 0.3 is 0 Å². The molecule has 2 amide bonds. The van der Waals surface area contributed by atoms with Crippen molar-refractivity contribution in [2.24, 2.45) is 0 Å². The van der Waals surface area contributed by atoms with Gasteiger partial charge in [0, 0.05) is 22.1 Å². The van der Waals surface area contributed by atoms with Crippen LogP contribution >= 0.6 is 27.5 Å². The van der Waals surface area contributed by atoms with E-state index in [9.17, 15) is 18.0 Å². The molecule has 0 fully saturated rings. The fourth-order valence-electron chi connectivity index (χ4n) is 3.06. The molecule has 0 spiro atoms. The molecular formula is C23H29BrClN3O4S. The molecular weight excluding hydrogens is 530 g/mol. The molecule has 2 rings (SSSR count). The van der Waals surface area contributed by atoms with E-state index in [0.29, 0.717) is 10.7 Å². The molecule has 0 saturated heterocycles. The smallest absolute Gasteiger partial charge is 0.244 e. The second kappa shape index (κ2) is 11.9. The van der Waals surface area contributed by atoms with Crippen molar-refractivity contribution in [3.63, 3.8) is 0 Å². The lowest BCUT2D eigenvalue weighted by molar-refractivity contribution is -0.139. The first-order valence-corrected chi connectivity index (χ1v) is 13.5. The summed E-state index contributed by atoms with van der Waals surface area (Å²) in [5.74, 6) is -0.800. The van der Waals surface area contributed by atoms with Crippen LogP contribution in [0.3, 0.4) is 0 Å². The summed E-state index contributed by atoms with van der Waals surface area (Å²) >= 11 is 9.30. The Kier molecular flexibility index (Phi) is 9.75. The number of hydrogen-bond donors (Lipinski definition) is 1. The molecule has 0 aliphatic carbocycles. The van der Waals surface area contributed by atoms with Gasteiger partial charge in [0.25, 0.3) is 0 Å². The number of carbonyl (C=O) groups excluding carboxylic acids is 2. The SMILES string of the molecule is CC[C@H](C)NC(=O)[C@@H](C)N(Cc1ccc(Cl)cc1)C(=O)CN(c1ccc(Br)cc1)S(C)(=O)=O. The number of hydrogen-bond acceptors (Lipinski definition) is 4. The molecule has 1 N–H and O–H groups in total. The van der Waals surface area contributed by atoms with Crippen molar-refractivity contribution in [1.29, 1.82) is 0 Å². The van der Waals surface area contributed by atoms with Crippen LogP contribution in [0.4, 0.5) is 5.69 Å². The summed E-state index contributed by atoms with van der Waals surface area (Å²) in [4.78, 5) is 27.6. The highest BCUT2D eigenvalue weighted by Crippen LogP contribution is 2.22. The van der Waals surface area contributed by atoms with E-state index in [1.165, 1.54) is 4.90 Å². The zero-order chi connectivity index (χ0) is 24.8. The second-order valence-electron chi connectivity index (χ2n) is 7.89. The van der Waals surface area contributed by atoms with E-state index in [1.807, 2.05) is 13.8 Å². The fourth-order valence-corrected chi connectivity index (χ4v) is 4.30. The maximum atomic E-state index is 13.4. The van der Waals surface area contributed by atoms with Crippen molar-refractivity contribution in [2.75, 3.05) is 17.1 Å². The van der Waals surface area contributed by atoms with Crippen LogP contribution in [-0.4, -0.2) is 50.0 Å². The molecule has 0 aliphatic heterocycles. The Morgan fingerprint density at radius 3 is 2.15 bits per heavy atom. The lowest BCUT2D eigenvalue weighted by Crippen LogP contribution is -2.52. The van der Waals surface area contributed by atoms with Crippen molar-refractivity contribution in [3.05, 3.63) is 63.6 Å². The molecule has 2 aromatic rings. The number of halogens is 2. The van der Waals surface area contributed by atoms with Crippen LogP contribution in [0.1, 0.15) is 32.8 Å². The maximum Gasteiger partial charge on any atom is 0.244 e. The standard InChI is InChI=1S/C23H29BrClN3O4S/c1-5-16(2)26-23(30)17(3)27(14-18-6-10-20(25)11-7-18)22(29)15-28(33(4,31)32)21-12-8-19(24)9-13-21/h6-13,16-17H,5,14-15H2,1-4H3,(H,26,30)/t16-,17+/m0/s1. The zero-order valence-electron chi connectivity index (χ0n) is 19.1. The molecule has 0 bridgehead atoms. The minimum absolute atomic E-state index is 0.0530. The topological polar surface area (TPSA) is 86.8 Å². The summed E-state index contributed by atoms with van der Waals surface area (Å²) in [5.41, 5.74) is 1.13. The van der Waals surface area contributed by atoms with Gasteiger partial charge in [-0.05, 0) is 62.2 Å². The predicted octanol–water partition coefficient (Wildman–Crippen LogP) is 4.20. The predicted molar refractivity (Wildman–Crippen MR) is 136 cm³/mol. The van der Waals surface area contributed by atoms with Crippen LogP contribution < -0.4 is 9.62 Å². The summed E-state index contributed by atoms with van der Waals surface area (Å²) in [6.07, 6.45) is 1.79. The zero-order valence-corrected chi connectivity index (χ0v) is 22.2. The van der Waals surface area contributed by atoms with Crippen LogP contribution in [0.25, 0.3) is 0 Å². The third-order valence-electron chi connectivity index (χ3n) is 5.23. The fraction of sp³-hybridized carbons (Fsp3) is 0.391. The number of nitrogens with zero attached hydrogens (tertiary/aromatic N) is 2. The second-order valence-corrected chi connectivity index (χ2v) is 11.1. The van der Waals surface area contributed by atoms with Crippen molar-refractivity contribution >= 4 is 55.1 Å². The van der Waals surface area contributed by atoms with Crippen molar-refractivity contribution in [2.45, 2.75) is 45.8 Å². The summed E-state index contributed by atoms with van der Waals surface area (Å²) in [6, 6.07) is 12.7. The Balaban J connectivity index is 2.36. The minimum Gasteiger partial charge on any atom is -0.352 e. The van der Waals surface area contributed by atoms with E-state index in [1.54, 1.807) is 55.5 Å². The maximum absolute atomic E-state index is 13.4. The number of rotatable bonds is 10. The molecule has 0 unspecified atom stereocenters. The Bertz CT molecular complexity index is 1060. The summed E-state index contributed by atoms with van der Waals surface area (Å²) in [7, 11) is -3.75. The number of amides is 2. The highest BCUT2D eigenvalue weighted by molar-refractivity contribution is 9.10. The highest BCUT2D eigenvalue weighted by Gasteiger charge is 2.30. The number of anilines is 1. The Morgan fingerprint density at radius 2 is 1.64 bits per heavy atom. The first-order valence-electron chi connectivity index (χ1n) is 10.5. The van der Waals surface area contributed by atoms with Gasteiger partial charge in [0.1, 0.15) is 12.6 Å². The Hall–Kier alpha value is -2.10. The average molecular weight is 559 g/mol. The van der Waals surface area contributed by atoms with Crippen molar-refractivity contribution < 1.29 is 18.0 Å². The third kappa shape index (κ3) is 8.01. The van der Waals surface area contributed by atoms with Crippen molar-refractivity contribution in [1.82, 2.24) is 10.2 Å².